The van der Waals surface area contributed by atoms with Gasteiger partial charge in [-0.2, -0.15) is 5.10 Å². The number of nitrogens with zero attached hydrogens (tertiary/aromatic N) is 3. The summed E-state index contributed by atoms with van der Waals surface area (Å²) in [6, 6.07) is 2.14. The summed E-state index contributed by atoms with van der Waals surface area (Å²) in [4.78, 5) is 4.50. The molecule has 0 saturated heterocycles. The van der Waals surface area contributed by atoms with Gasteiger partial charge in [-0.15, -0.1) is 0 Å². The average molecular weight is 274 g/mol. The molecular weight excluding hydrogens is 248 g/mol. The molecule has 0 saturated carbocycles. The normalized spacial score (nSPS) is 12.9. The summed E-state index contributed by atoms with van der Waals surface area (Å²) < 4.78 is 1.91. The highest BCUT2D eigenvalue weighted by molar-refractivity contribution is 5.68. The van der Waals surface area contributed by atoms with Crippen LogP contribution in [0.25, 0.3) is 5.52 Å². The molecule has 2 aromatic heterocycles. The quantitative estimate of drug-likeness (QED) is 0.915. The van der Waals surface area contributed by atoms with Crippen molar-refractivity contribution in [3.05, 3.63) is 24.2 Å². The van der Waals surface area contributed by atoms with Crippen LogP contribution in [0.4, 0.5) is 5.82 Å². The minimum absolute atomic E-state index is 0.0375. The molecule has 0 atom stereocenters. The van der Waals surface area contributed by atoms with E-state index in [4.69, 9.17) is 0 Å². The van der Waals surface area contributed by atoms with Crippen molar-refractivity contribution in [3.8, 4) is 0 Å². The minimum Gasteiger partial charge on any atom is -0.363 e. The molecule has 0 aromatic carbocycles. The van der Waals surface area contributed by atoms with Crippen LogP contribution in [0.2, 0.25) is 0 Å². The van der Waals surface area contributed by atoms with E-state index >= 15 is 0 Å². The lowest BCUT2D eigenvalue weighted by molar-refractivity contribution is 0.509. The van der Waals surface area contributed by atoms with Gasteiger partial charge in [-0.05, 0) is 26.3 Å². The predicted molar refractivity (Wildman–Crippen MR) is 84.3 cm³/mol. The maximum atomic E-state index is 4.66. The zero-order valence-electron chi connectivity index (χ0n) is 13.5. The number of anilines is 1. The van der Waals surface area contributed by atoms with Crippen molar-refractivity contribution < 1.29 is 0 Å². The van der Waals surface area contributed by atoms with Crippen molar-refractivity contribution in [2.75, 3.05) is 5.32 Å². The fourth-order valence-corrected chi connectivity index (χ4v) is 2.39. The van der Waals surface area contributed by atoms with E-state index in [1.165, 1.54) is 0 Å². The first kappa shape index (κ1) is 14.8. The van der Waals surface area contributed by atoms with Gasteiger partial charge < -0.3 is 5.32 Å². The molecule has 20 heavy (non-hydrogen) atoms. The van der Waals surface area contributed by atoms with Gasteiger partial charge in [0.15, 0.2) is 5.82 Å². The monoisotopic (exact) mass is 274 g/mol. The third-order valence-corrected chi connectivity index (χ3v) is 3.49. The van der Waals surface area contributed by atoms with Crippen LogP contribution in [0, 0.1) is 0 Å². The summed E-state index contributed by atoms with van der Waals surface area (Å²) in [5, 5.41) is 8.21. The van der Waals surface area contributed by atoms with Crippen molar-refractivity contribution >= 4 is 11.3 Å². The lowest BCUT2D eigenvalue weighted by Crippen LogP contribution is -2.31. The molecule has 4 heteroatoms. The van der Waals surface area contributed by atoms with Crippen molar-refractivity contribution in [2.45, 2.75) is 65.3 Å². The van der Waals surface area contributed by atoms with Crippen LogP contribution in [0.15, 0.2) is 18.5 Å². The highest BCUT2D eigenvalue weighted by Gasteiger charge is 2.21. The molecule has 2 heterocycles. The van der Waals surface area contributed by atoms with Gasteiger partial charge >= 0.3 is 0 Å². The summed E-state index contributed by atoms with van der Waals surface area (Å²) in [6.07, 6.45) is 5.96. The Morgan fingerprint density at radius 1 is 1.20 bits per heavy atom. The Hall–Kier alpha value is -1.58. The smallest absolute Gasteiger partial charge is 0.152 e. The third-order valence-electron chi connectivity index (χ3n) is 3.49. The minimum atomic E-state index is 0.0375. The van der Waals surface area contributed by atoms with Crippen LogP contribution >= 0.6 is 0 Å². The lowest BCUT2D eigenvalue weighted by atomic mass is 9.92. The van der Waals surface area contributed by atoms with Crippen molar-refractivity contribution in [2.24, 2.45) is 0 Å². The first-order valence-electron chi connectivity index (χ1n) is 7.36. The summed E-state index contributed by atoms with van der Waals surface area (Å²) in [6.45, 7) is 13.2. The number of fused-ring (bicyclic) bond motifs is 1. The maximum Gasteiger partial charge on any atom is 0.152 e. The molecule has 0 aliphatic carbocycles. The maximum absolute atomic E-state index is 4.66. The molecule has 0 aliphatic heterocycles. The first-order valence-corrected chi connectivity index (χ1v) is 7.36. The van der Waals surface area contributed by atoms with E-state index in [-0.39, 0.29) is 11.0 Å². The fraction of sp³-hybridized carbons (Fsp3) is 0.625. The Kier molecular flexibility index (Phi) is 3.76. The third kappa shape index (κ3) is 3.11. The van der Waals surface area contributed by atoms with E-state index in [0.717, 1.165) is 29.9 Å². The van der Waals surface area contributed by atoms with Gasteiger partial charge in [-0.3, -0.25) is 0 Å². The SMILES string of the molecule is CCCC(C)(C)Nc1nccn2nc(C(C)(C)C)cc12. The van der Waals surface area contributed by atoms with Gasteiger partial charge in [0.1, 0.15) is 5.52 Å². The van der Waals surface area contributed by atoms with Gasteiger partial charge in [0.2, 0.25) is 0 Å². The van der Waals surface area contributed by atoms with Crippen LogP contribution in [0.5, 0.6) is 0 Å². The lowest BCUT2D eigenvalue weighted by Gasteiger charge is -2.26. The Balaban J connectivity index is 2.42. The van der Waals surface area contributed by atoms with Crippen LogP contribution in [0.1, 0.15) is 60.1 Å². The van der Waals surface area contributed by atoms with Gasteiger partial charge in [-0.25, -0.2) is 9.50 Å². The number of hydrogen-bond acceptors (Lipinski definition) is 3. The Morgan fingerprint density at radius 2 is 1.90 bits per heavy atom. The van der Waals surface area contributed by atoms with E-state index in [2.05, 4.69) is 63.0 Å². The molecule has 0 fully saturated rings. The molecule has 1 N–H and O–H groups in total. The molecule has 0 unspecified atom stereocenters. The molecule has 0 bridgehead atoms. The Labute approximate surface area is 121 Å². The Bertz CT molecular complexity index is 590. The molecular formula is C16H26N4. The van der Waals surface area contributed by atoms with Gasteiger partial charge in [0.05, 0.1) is 5.69 Å². The fourth-order valence-electron chi connectivity index (χ4n) is 2.39. The molecule has 0 spiro atoms. The second kappa shape index (κ2) is 5.08. The summed E-state index contributed by atoms with van der Waals surface area (Å²) in [7, 11) is 0. The zero-order chi connectivity index (χ0) is 15.0. The second-order valence-corrected chi connectivity index (χ2v) is 7.14. The highest BCUT2D eigenvalue weighted by Crippen LogP contribution is 2.26. The molecule has 110 valence electrons. The van der Waals surface area contributed by atoms with E-state index < -0.39 is 0 Å². The van der Waals surface area contributed by atoms with Crippen LogP contribution in [-0.4, -0.2) is 20.1 Å². The second-order valence-electron chi connectivity index (χ2n) is 7.14. The topological polar surface area (TPSA) is 42.2 Å². The first-order chi connectivity index (χ1) is 9.23. The van der Waals surface area contributed by atoms with Gasteiger partial charge in [-0.1, -0.05) is 34.1 Å². The van der Waals surface area contributed by atoms with E-state index in [0.29, 0.717) is 0 Å². The average Bonchev–Trinajstić information content (AvgIpc) is 2.72. The van der Waals surface area contributed by atoms with Crippen LogP contribution in [0.3, 0.4) is 0 Å². The number of rotatable bonds is 4. The van der Waals surface area contributed by atoms with Crippen molar-refractivity contribution in [1.29, 1.82) is 0 Å². The number of aromatic nitrogens is 3. The summed E-state index contributed by atoms with van der Waals surface area (Å²) in [5.74, 6) is 0.911. The van der Waals surface area contributed by atoms with E-state index in [1.54, 1.807) is 6.20 Å². The number of nitrogens with one attached hydrogen (secondary N) is 1. The van der Waals surface area contributed by atoms with Gasteiger partial charge in [0, 0.05) is 23.3 Å². The largest absolute Gasteiger partial charge is 0.363 e. The summed E-state index contributed by atoms with van der Waals surface area (Å²) in [5.41, 5.74) is 2.21. The van der Waals surface area contributed by atoms with Crippen LogP contribution in [-0.2, 0) is 5.41 Å². The molecule has 2 rings (SSSR count). The van der Waals surface area contributed by atoms with E-state index in [1.807, 2.05) is 10.7 Å². The summed E-state index contributed by atoms with van der Waals surface area (Å²) >= 11 is 0. The number of hydrogen-bond donors (Lipinski definition) is 1. The molecule has 4 nitrogen and oxygen atoms in total. The van der Waals surface area contributed by atoms with Crippen molar-refractivity contribution in [1.82, 2.24) is 14.6 Å². The van der Waals surface area contributed by atoms with Crippen LogP contribution < -0.4 is 5.32 Å². The molecule has 0 aliphatic rings. The molecule has 0 radical (unpaired) electrons. The molecule has 2 aromatic rings. The standard InChI is InChI=1S/C16H26N4/c1-7-8-16(5,6)18-14-12-11-13(15(2,3)4)19-20(12)10-9-17-14/h9-11H,7-8H2,1-6H3,(H,17,18). The van der Waals surface area contributed by atoms with Gasteiger partial charge in [0.25, 0.3) is 0 Å². The highest BCUT2D eigenvalue weighted by atomic mass is 15.2. The zero-order valence-corrected chi connectivity index (χ0v) is 13.5. The Morgan fingerprint density at radius 3 is 2.50 bits per heavy atom. The molecule has 0 amide bonds. The van der Waals surface area contributed by atoms with E-state index in [9.17, 15) is 0 Å². The predicted octanol–water partition coefficient (Wildman–Crippen LogP) is 4.02. The van der Waals surface area contributed by atoms with Crippen molar-refractivity contribution in [3.63, 3.8) is 0 Å².